The lowest BCUT2D eigenvalue weighted by Crippen LogP contribution is -2.32. The van der Waals surface area contributed by atoms with Gasteiger partial charge in [-0.2, -0.15) is 0 Å². The van der Waals surface area contributed by atoms with Crippen LogP contribution in [-0.2, 0) is 21.7 Å². The molecule has 0 N–H and O–H groups in total. The number of rotatable bonds is 2. The van der Waals surface area contributed by atoms with Crippen LogP contribution in [0.25, 0.3) is 43.8 Å². The number of para-hydroxylation sites is 2. The molecule has 0 fully saturated rings. The van der Waals surface area contributed by atoms with Crippen LogP contribution in [0.15, 0.2) is 158 Å². The second-order valence-electron chi connectivity index (χ2n) is 21.9. The van der Waals surface area contributed by atoms with Crippen molar-refractivity contribution in [1.82, 2.24) is 0 Å². The molecule has 13 rings (SSSR count). The maximum absolute atomic E-state index is 2.66. The molecular formula is C64H56N2. The number of nitrogens with zero attached hydrogens (tertiary/aromatic N) is 2. The van der Waals surface area contributed by atoms with Crippen molar-refractivity contribution in [3.8, 4) is 22.3 Å². The third-order valence-electron chi connectivity index (χ3n) is 16.7. The lowest BCUT2D eigenvalue weighted by molar-refractivity contribution is 0.627. The minimum absolute atomic E-state index is 0.144. The first-order valence-electron chi connectivity index (χ1n) is 23.9. The molecule has 0 unspecified atom stereocenters. The Morgan fingerprint density at radius 3 is 1.03 bits per heavy atom. The number of anilines is 6. The topological polar surface area (TPSA) is 6.48 Å². The highest BCUT2D eigenvalue weighted by Crippen LogP contribution is 2.63. The molecule has 66 heavy (non-hydrogen) atoms. The van der Waals surface area contributed by atoms with E-state index in [0.29, 0.717) is 0 Å². The van der Waals surface area contributed by atoms with Gasteiger partial charge in [0.1, 0.15) is 0 Å². The van der Waals surface area contributed by atoms with Gasteiger partial charge in [0.15, 0.2) is 0 Å². The second kappa shape index (κ2) is 12.9. The van der Waals surface area contributed by atoms with Crippen molar-refractivity contribution in [2.45, 2.75) is 90.9 Å². The first kappa shape index (κ1) is 39.5. The van der Waals surface area contributed by atoms with Gasteiger partial charge in [-0.25, -0.2) is 0 Å². The Balaban J connectivity index is 1.16. The highest BCUT2D eigenvalue weighted by molar-refractivity contribution is 6.24. The molecule has 0 atom stereocenters. The summed E-state index contributed by atoms with van der Waals surface area (Å²) in [5.74, 6) is 0. The van der Waals surface area contributed by atoms with Crippen LogP contribution in [-0.4, -0.2) is 0 Å². The van der Waals surface area contributed by atoms with E-state index in [4.69, 9.17) is 0 Å². The first-order valence-corrected chi connectivity index (χ1v) is 23.9. The maximum Gasteiger partial charge on any atom is 0.0620 e. The molecule has 2 heterocycles. The van der Waals surface area contributed by atoms with E-state index in [-0.39, 0.29) is 21.7 Å². The summed E-state index contributed by atoms with van der Waals surface area (Å²) in [5, 5.41) is 5.00. The molecule has 2 heteroatoms. The van der Waals surface area contributed by atoms with Gasteiger partial charge in [-0.05, 0) is 129 Å². The van der Waals surface area contributed by atoms with Crippen LogP contribution >= 0.6 is 0 Å². The van der Waals surface area contributed by atoms with Gasteiger partial charge in [0.05, 0.1) is 34.1 Å². The summed E-state index contributed by atoms with van der Waals surface area (Å²) in [5.41, 5.74) is 25.6. The van der Waals surface area contributed by atoms with Crippen LogP contribution in [0.2, 0.25) is 0 Å². The smallest absolute Gasteiger partial charge is 0.0620 e. The average Bonchev–Trinajstić information content (AvgIpc) is 3.67. The predicted octanol–water partition coefficient (Wildman–Crippen LogP) is 17.4. The van der Waals surface area contributed by atoms with Crippen LogP contribution in [0.5, 0.6) is 0 Å². The molecule has 2 aliphatic carbocycles. The van der Waals surface area contributed by atoms with Crippen molar-refractivity contribution >= 4 is 55.7 Å². The molecular weight excluding hydrogens is 797 g/mol. The monoisotopic (exact) mass is 852 g/mol. The van der Waals surface area contributed by atoms with Crippen LogP contribution in [0.1, 0.15) is 111 Å². The summed E-state index contributed by atoms with van der Waals surface area (Å²) in [4.78, 5) is 5.32. The molecule has 4 aliphatic rings. The fourth-order valence-corrected chi connectivity index (χ4v) is 13.2. The summed E-state index contributed by atoms with van der Waals surface area (Å²) in [6, 6.07) is 61.2. The summed E-state index contributed by atoms with van der Waals surface area (Å²) in [6.07, 6.45) is 0. The predicted molar refractivity (Wildman–Crippen MR) is 280 cm³/mol. The Morgan fingerprint density at radius 1 is 0.273 bits per heavy atom. The van der Waals surface area contributed by atoms with Gasteiger partial charge in [0.2, 0.25) is 0 Å². The van der Waals surface area contributed by atoms with E-state index in [1.165, 1.54) is 134 Å². The second-order valence-corrected chi connectivity index (χ2v) is 21.9. The van der Waals surface area contributed by atoms with E-state index in [0.717, 1.165) is 0 Å². The van der Waals surface area contributed by atoms with Crippen molar-refractivity contribution in [3.05, 3.63) is 213 Å². The zero-order chi connectivity index (χ0) is 45.4. The number of benzene rings is 9. The number of hydrogen-bond donors (Lipinski definition) is 0. The molecule has 9 aromatic carbocycles. The summed E-state index contributed by atoms with van der Waals surface area (Å²) in [6.45, 7) is 23.9. The third-order valence-corrected chi connectivity index (χ3v) is 16.7. The van der Waals surface area contributed by atoms with E-state index < -0.39 is 0 Å². The van der Waals surface area contributed by atoms with Gasteiger partial charge in [0.25, 0.3) is 0 Å². The van der Waals surface area contributed by atoms with Crippen molar-refractivity contribution in [2.24, 2.45) is 0 Å². The number of fused-ring (bicyclic) bond motifs is 12. The van der Waals surface area contributed by atoms with Crippen LogP contribution in [0.4, 0.5) is 34.1 Å². The van der Waals surface area contributed by atoms with Crippen LogP contribution < -0.4 is 9.80 Å². The normalized spacial score (nSPS) is 17.1. The Kier molecular flexibility index (Phi) is 7.72. The van der Waals surface area contributed by atoms with Crippen molar-refractivity contribution in [2.75, 3.05) is 9.80 Å². The van der Waals surface area contributed by atoms with E-state index in [1.807, 2.05) is 0 Å². The zero-order valence-electron chi connectivity index (χ0n) is 39.9. The van der Waals surface area contributed by atoms with Gasteiger partial charge in [-0.3, -0.25) is 0 Å². The van der Waals surface area contributed by atoms with Crippen molar-refractivity contribution in [3.63, 3.8) is 0 Å². The number of hydrogen-bond acceptors (Lipinski definition) is 2. The molecule has 0 saturated heterocycles. The molecule has 0 saturated carbocycles. The first-order chi connectivity index (χ1) is 31.6. The molecule has 322 valence electrons. The van der Waals surface area contributed by atoms with Gasteiger partial charge >= 0.3 is 0 Å². The van der Waals surface area contributed by atoms with E-state index >= 15 is 0 Å². The standard InChI is InChI=1S/C64H56N2/c1-37-27-29-41-45(31-37)59(65-55-25-17-15-23-49(55)63(7,8)53-33-43-39-19-11-13-21-47(39)61(3,4)51(43)35-57(53)65)42-30-28-38(2)32-46(42)60(41)66-56-26-18-16-24-50(56)64(9,10)54-34-44-40-20-12-14-22-48(40)62(5,6)52(44)36-58(54)66/h11-36H,1-10H3. The van der Waals surface area contributed by atoms with Crippen LogP contribution in [0, 0.1) is 13.8 Å². The Bertz CT molecular complexity index is 3390. The Hall–Kier alpha value is -6.90. The van der Waals surface area contributed by atoms with E-state index in [2.05, 4.69) is 237 Å². The largest absolute Gasteiger partial charge is 0.309 e. The Labute approximate surface area is 390 Å². The summed E-state index contributed by atoms with van der Waals surface area (Å²) < 4.78 is 0. The Morgan fingerprint density at radius 2 is 0.621 bits per heavy atom. The molecule has 9 aromatic rings. The highest BCUT2D eigenvalue weighted by atomic mass is 15.2. The molecule has 2 nitrogen and oxygen atoms in total. The van der Waals surface area contributed by atoms with Crippen molar-refractivity contribution in [1.29, 1.82) is 0 Å². The summed E-state index contributed by atoms with van der Waals surface area (Å²) >= 11 is 0. The lowest BCUT2D eigenvalue weighted by Gasteiger charge is -2.45. The molecule has 0 aromatic heterocycles. The van der Waals surface area contributed by atoms with Gasteiger partial charge in [0, 0.05) is 43.2 Å². The molecule has 2 aliphatic heterocycles. The van der Waals surface area contributed by atoms with Gasteiger partial charge < -0.3 is 9.80 Å². The quantitative estimate of drug-likeness (QED) is 0.160. The fraction of sp³-hybridized carbons (Fsp3) is 0.219. The van der Waals surface area contributed by atoms with Gasteiger partial charge in [-0.15, -0.1) is 0 Å². The SMILES string of the molecule is Cc1ccc2c(N3c4ccccc4C(C)(C)c4cc5c(cc43)C(C)(C)c3ccccc3-5)c3cc(C)ccc3c(N3c4ccccc4C(C)(C)c4cc5c(cc43)C(C)(C)c3ccccc3-5)c2c1. The molecule has 0 radical (unpaired) electrons. The van der Waals surface area contributed by atoms with Crippen molar-refractivity contribution < 1.29 is 0 Å². The highest BCUT2D eigenvalue weighted by Gasteiger charge is 2.45. The third kappa shape index (κ3) is 4.92. The zero-order valence-corrected chi connectivity index (χ0v) is 39.9. The average molecular weight is 853 g/mol. The maximum atomic E-state index is 2.66. The lowest BCUT2D eigenvalue weighted by atomic mass is 9.71. The number of aryl methyl sites for hydroxylation is 2. The van der Waals surface area contributed by atoms with Gasteiger partial charge in [-0.1, -0.05) is 176 Å². The molecule has 0 bridgehead atoms. The fourth-order valence-electron chi connectivity index (χ4n) is 13.2. The minimum atomic E-state index is -0.237. The van der Waals surface area contributed by atoms with E-state index in [1.54, 1.807) is 0 Å². The van der Waals surface area contributed by atoms with E-state index in [9.17, 15) is 0 Å². The van der Waals surface area contributed by atoms with Crippen LogP contribution in [0.3, 0.4) is 0 Å². The molecule has 0 spiro atoms. The minimum Gasteiger partial charge on any atom is -0.309 e. The summed E-state index contributed by atoms with van der Waals surface area (Å²) in [7, 11) is 0. The molecule has 0 amide bonds.